The quantitative estimate of drug-likeness (QED) is 0.186. The Bertz CT molecular complexity index is 1580. The summed E-state index contributed by atoms with van der Waals surface area (Å²) in [4.78, 5) is 83.1. The normalized spacial score (nSPS) is 20.9. The summed E-state index contributed by atoms with van der Waals surface area (Å²) in [5.41, 5.74) is -0.0600. The van der Waals surface area contributed by atoms with Crippen LogP contribution in [-0.4, -0.2) is 92.1 Å². The van der Waals surface area contributed by atoms with Crippen molar-refractivity contribution in [1.82, 2.24) is 41.1 Å². The van der Waals surface area contributed by atoms with Crippen LogP contribution in [-0.2, 0) is 30.5 Å². The molecule has 3 fully saturated rings. The van der Waals surface area contributed by atoms with E-state index in [0.717, 1.165) is 44.9 Å². The number of amides is 4. The van der Waals surface area contributed by atoms with E-state index in [0.29, 0.717) is 23.7 Å². The van der Waals surface area contributed by atoms with Crippen molar-refractivity contribution in [2.24, 2.45) is 11.3 Å². The van der Waals surface area contributed by atoms with Gasteiger partial charge < -0.3 is 25.6 Å². The van der Waals surface area contributed by atoms with E-state index in [4.69, 9.17) is 16.3 Å². The van der Waals surface area contributed by atoms with Crippen molar-refractivity contribution in [1.29, 1.82) is 0 Å². The summed E-state index contributed by atoms with van der Waals surface area (Å²) < 4.78 is 6.13. The number of rotatable bonds is 16. The molecule has 2 saturated carbocycles. The Hall–Kier alpha value is -4.17. The summed E-state index contributed by atoms with van der Waals surface area (Å²) in [6, 6.07) is -0.488. The van der Waals surface area contributed by atoms with Gasteiger partial charge in [0.15, 0.2) is 0 Å². The lowest BCUT2D eigenvalue weighted by molar-refractivity contribution is -0.145. The Labute approximate surface area is 316 Å². The predicted octanol–water partition coefficient (Wildman–Crippen LogP) is 3.28. The molecule has 14 nitrogen and oxygen atoms in total. The van der Waals surface area contributed by atoms with Crippen molar-refractivity contribution in [2.45, 2.75) is 135 Å². The second-order valence-electron chi connectivity index (χ2n) is 15.5. The molecule has 4 N–H and O–H groups in total. The fourth-order valence-corrected chi connectivity index (χ4v) is 7.18. The van der Waals surface area contributed by atoms with Crippen LogP contribution in [0.2, 0.25) is 5.02 Å². The third kappa shape index (κ3) is 11.2. The minimum atomic E-state index is -1.06. The third-order valence-corrected chi connectivity index (χ3v) is 10.3. The fraction of sp³-hybridized carbons (Fsp3) is 0.632. The Kier molecular flexibility index (Phi) is 13.8. The van der Waals surface area contributed by atoms with Gasteiger partial charge in [0.05, 0.1) is 29.3 Å². The summed E-state index contributed by atoms with van der Waals surface area (Å²) in [5, 5.41) is 12.4. The van der Waals surface area contributed by atoms with Gasteiger partial charge >= 0.3 is 0 Å². The number of aromatic nitrogens is 3. The average molecular weight is 753 g/mol. The van der Waals surface area contributed by atoms with Crippen molar-refractivity contribution in [3.05, 3.63) is 47.6 Å². The summed E-state index contributed by atoms with van der Waals surface area (Å²) in [5.74, 6) is -2.44. The molecule has 1 aliphatic heterocycles. The van der Waals surface area contributed by atoms with Gasteiger partial charge in [0.25, 0.3) is 5.91 Å². The van der Waals surface area contributed by atoms with Gasteiger partial charge in [-0.3, -0.25) is 39.3 Å². The molecule has 2 aliphatic carbocycles. The number of carbonyl (C=O) groups excluding carboxylic acids is 5. The Morgan fingerprint density at radius 3 is 2.36 bits per heavy atom. The minimum absolute atomic E-state index is 0.0174. The van der Waals surface area contributed by atoms with Crippen LogP contribution in [0.15, 0.2) is 36.9 Å². The van der Waals surface area contributed by atoms with E-state index in [1.165, 1.54) is 11.1 Å². The molecule has 0 spiro atoms. The van der Waals surface area contributed by atoms with Crippen LogP contribution in [0.5, 0.6) is 5.88 Å². The van der Waals surface area contributed by atoms with Gasteiger partial charge in [0.2, 0.25) is 29.4 Å². The summed E-state index contributed by atoms with van der Waals surface area (Å²) in [7, 11) is 0. The number of ether oxygens (including phenoxy) is 1. The maximum atomic E-state index is 14.7. The second-order valence-corrected chi connectivity index (χ2v) is 16.0. The molecule has 3 aliphatic rings. The highest BCUT2D eigenvalue weighted by Crippen LogP contribution is 2.30. The Morgan fingerprint density at radius 2 is 1.74 bits per heavy atom. The molecule has 0 unspecified atom stereocenters. The number of likely N-dealkylation sites (tertiary alicyclic amines) is 1. The molecule has 288 valence electrons. The van der Waals surface area contributed by atoms with Gasteiger partial charge in [-0.05, 0) is 49.5 Å². The van der Waals surface area contributed by atoms with Crippen LogP contribution >= 0.6 is 11.6 Å². The summed E-state index contributed by atoms with van der Waals surface area (Å²) in [6.45, 7) is 7.81. The lowest BCUT2D eigenvalue weighted by Crippen LogP contribution is -2.61. The van der Waals surface area contributed by atoms with E-state index in [1.54, 1.807) is 30.7 Å². The van der Waals surface area contributed by atoms with Crippen LogP contribution < -0.4 is 26.0 Å². The Balaban J connectivity index is 1.37. The van der Waals surface area contributed by atoms with Crippen molar-refractivity contribution < 1.29 is 28.7 Å². The van der Waals surface area contributed by atoms with E-state index in [9.17, 15) is 24.0 Å². The van der Waals surface area contributed by atoms with E-state index in [1.807, 2.05) is 27.7 Å². The summed E-state index contributed by atoms with van der Waals surface area (Å²) in [6.07, 6.45) is 13.1. The highest BCUT2D eigenvalue weighted by atomic mass is 35.5. The van der Waals surface area contributed by atoms with Crippen molar-refractivity contribution >= 4 is 41.0 Å². The topological polar surface area (TPSA) is 185 Å². The lowest BCUT2D eigenvalue weighted by atomic mass is 9.82. The molecule has 5 atom stereocenters. The molecule has 0 radical (unpaired) electrons. The van der Waals surface area contributed by atoms with Gasteiger partial charge in [0, 0.05) is 49.9 Å². The smallest absolute Gasteiger partial charge is 0.289 e. The second kappa shape index (κ2) is 18.2. The first kappa shape index (κ1) is 40.0. The van der Waals surface area contributed by atoms with E-state index < -0.39 is 59.2 Å². The van der Waals surface area contributed by atoms with Crippen LogP contribution in [0.1, 0.15) is 97.6 Å². The van der Waals surface area contributed by atoms with Gasteiger partial charge in [-0.2, -0.15) is 0 Å². The zero-order valence-electron chi connectivity index (χ0n) is 31.1. The van der Waals surface area contributed by atoms with Crippen LogP contribution in [0.25, 0.3) is 0 Å². The number of hydrogen-bond donors (Lipinski definition) is 4. The molecule has 2 aromatic rings. The highest BCUT2D eigenvalue weighted by Gasteiger charge is 2.47. The molecular weight excluding hydrogens is 700 g/mol. The van der Waals surface area contributed by atoms with Gasteiger partial charge in [-0.1, -0.05) is 65.0 Å². The number of hydrogen-bond acceptors (Lipinski definition) is 10. The molecule has 2 aromatic heterocycles. The average Bonchev–Trinajstić information content (AvgIpc) is 3.86. The molecule has 53 heavy (non-hydrogen) atoms. The maximum absolute atomic E-state index is 14.7. The number of pyridine rings is 1. The Morgan fingerprint density at radius 1 is 0.981 bits per heavy atom. The number of nitrogens with one attached hydrogen (secondary N) is 4. The number of carbonyl (C=O) groups is 5. The van der Waals surface area contributed by atoms with E-state index >= 15 is 0 Å². The largest absolute Gasteiger partial charge is 0.472 e. The molecule has 3 heterocycles. The first-order chi connectivity index (χ1) is 25.3. The van der Waals surface area contributed by atoms with Gasteiger partial charge in [0.1, 0.15) is 18.2 Å². The van der Waals surface area contributed by atoms with Crippen LogP contribution in [0.3, 0.4) is 0 Å². The van der Waals surface area contributed by atoms with Crippen LogP contribution in [0, 0.1) is 11.3 Å². The van der Waals surface area contributed by atoms with Crippen molar-refractivity contribution in [3.63, 3.8) is 0 Å². The van der Waals surface area contributed by atoms with E-state index in [-0.39, 0.29) is 43.1 Å². The molecule has 0 bridgehead atoms. The zero-order valence-corrected chi connectivity index (χ0v) is 31.9. The first-order valence-electron chi connectivity index (χ1n) is 18.9. The molecule has 0 aromatic carbocycles. The number of Topliss-reactive ketones (excluding diaryl/α,β-unsaturated/α-hetero) is 1. The molecule has 4 amide bonds. The molecule has 1 saturated heterocycles. The number of nitrogens with zero attached hydrogens (tertiary/aromatic N) is 4. The van der Waals surface area contributed by atoms with E-state index in [2.05, 4.69) is 36.2 Å². The maximum Gasteiger partial charge on any atom is 0.289 e. The van der Waals surface area contributed by atoms with Gasteiger partial charge in [-0.25, -0.2) is 4.98 Å². The van der Waals surface area contributed by atoms with Crippen molar-refractivity contribution in [2.75, 3.05) is 6.54 Å². The van der Waals surface area contributed by atoms with Crippen LogP contribution in [0.4, 0.5) is 0 Å². The fourth-order valence-electron chi connectivity index (χ4n) is 7.07. The molecule has 15 heteroatoms. The number of halogens is 1. The summed E-state index contributed by atoms with van der Waals surface area (Å²) >= 11 is 6.03. The lowest BCUT2D eigenvalue weighted by Gasteiger charge is -2.37. The predicted molar refractivity (Wildman–Crippen MR) is 197 cm³/mol. The third-order valence-electron chi connectivity index (χ3n) is 10.1. The zero-order chi connectivity index (χ0) is 38.1. The SMILES string of the molecule is CCC[C@H](NC(=O)[C@H]1C[C@@H](Oc2ccc(Cl)cn2)CN1C(=O)[C@@H](NC(=O)[C@@H](NCc1cnccn1)C1CCCCC1)C(C)(C)C)C(=O)C(=O)NC1CC1. The standard InChI is InChI=1S/C38H53ClN8O6/c1-5-9-28(32(48)36(51)44-25-13-14-25)45-34(49)29-18-27(53-30-15-12-24(39)19-42-30)22-47(29)37(52)33(38(2,3)4)46-35(50)31(23-10-7-6-8-11-23)43-21-26-20-40-16-17-41-26/h12,15-17,19-20,23,25,27-29,31,33,43H,5-11,13-14,18,21-22H2,1-4H3,(H,44,51)(H,45,49)(H,46,50)/t27-,28+,29-,31+,33-/m1/s1. The molecule has 5 rings (SSSR count). The van der Waals surface area contributed by atoms with Gasteiger partial charge in [-0.15, -0.1) is 0 Å². The highest BCUT2D eigenvalue weighted by molar-refractivity contribution is 6.38. The minimum Gasteiger partial charge on any atom is -0.472 e. The van der Waals surface area contributed by atoms with Crippen molar-refractivity contribution in [3.8, 4) is 5.88 Å². The monoisotopic (exact) mass is 752 g/mol. The molecular formula is C38H53ClN8O6. The first-order valence-corrected chi connectivity index (χ1v) is 19.2. The number of ketones is 1.